The first-order chi connectivity index (χ1) is 10.6. The third kappa shape index (κ3) is 3.12. The van der Waals surface area contributed by atoms with Gasteiger partial charge in [-0.25, -0.2) is 9.50 Å². The number of halogens is 1. The quantitative estimate of drug-likeness (QED) is 0.601. The van der Waals surface area contributed by atoms with Gasteiger partial charge in [0, 0.05) is 21.3 Å². The summed E-state index contributed by atoms with van der Waals surface area (Å²) in [4.78, 5) is 6.89. The molecule has 2 heterocycles. The number of fused-ring (bicyclic) bond motifs is 1. The number of thioether (sulfide) groups is 1. The highest BCUT2D eigenvalue weighted by Crippen LogP contribution is 2.38. The van der Waals surface area contributed by atoms with Crippen molar-refractivity contribution in [3.05, 3.63) is 46.7 Å². The molecular formula is C16H16ClN3S2. The molecule has 114 valence electrons. The molecule has 1 aromatic carbocycles. The molecular weight excluding hydrogens is 334 g/mol. The molecule has 0 unspecified atom stereocenters. The molecule has 0 N–H and O–H groups in total. The Morgan fingerprint density at radius 1 is 1.23 bits per heavy atom. The molecule has 22 heavy (non-hydrogen) atoms. The summed E-state index contributed by atoms with van der Waals surface area (Å²) in [6.07, 6.45) is 0. The highest BCUT2D eigenvalue weighted by atomic mass is 35.5. The van der Waals surface area contributed by atoms with Crippen LogP contribution in [-0.2, 0) is 0 Å². The van der Waals surface area contributed by atoms with Gasteiger partial charge in [0.05, 0.1) is 4.90 Å². The minimum absolute atomic E-state index is 0.742. The Morgan fingerprint density at radius 3 is 2.77 bits per heavy atom. The second kappa shape index (κ2) is 6.52. The van der Waals surface area contributed by atoms with Crippen molar-refractivity contribution in [2.45, 2.75) is 35.6 Å². The molecule has 2 aromatic heterocycles. The number of aryl methyl sites for hydroxylation is 2. The Bertz CT molecular complexity index is 830. The summed E-state index contributed by atoms with van der Waals surface area (Å²) >= 11 is 9.51. The van der Waals surface area contributed by atoms with Gasteiger partial charge in [0.25, 0.3) is 0 Å². The molecule has 0 spiro atoms. The maximum atomic E-state index is 6.10. The van der Waals surface area contributed by atoms with Crippen molar-refractivity contribution in [3.8, 4) is 0 Å². The van der Waals surface area contributed by atoms with Crippen molar-refractivity contribution in [3.63, 3.8) is 0 Å². The smallest absolute Gasteiger partial charge is 0.170 e. The zero-order valence-electron chi connectivity index (χ0n) is 12.6. The fraction of sp³-hybridized carbons (Fsp3) is 0.250. The molecule has 3 nitrogen and oxygen atoms in total. The van der Waals surface area contributed by atoms with Crippen LogP contribution in [0.2, 0.25) is 5.02 Å². The van der Waals surface area contributed by atoms with Gasteiger partial charge in [0.15, 0.2) is 5.65 Å². The molecule has 0 saturated carbocycles. The second-order valence-corrected chi connectivity index (χ2v) is 7.67. The lowest BCUT2D eigenvalue weighted by Gasteiger charge is -2.04. The summed E-state index contributed by atoms with van der Waals surface area (Å²) in [6.45, 7) is 6.21. The molecule has 0 aliphatic carbocycles. The van der Waals surface area contributed by atoms with Crippen molar-refractivity contribution in [2.24, 2.45) is 0 Å². The fourth-order valence-electron chi connectivity index (χ4n) is 2.25. The molecule has 3 rings (SSSR count). The lowest BCUT2D eigenvalue weighted by atomic mass is 10.3. The van der Waals surface area contributed by atoms with E-state index in [1.54, 1.807) is 23.5 Å². The Morgan fingerprint density at radius 2 is 2.05 bits per heavy atom. The van der Waals surface area contributed by atoms with Crippen molar-refractivity contribution in [1.29, 1.82) is 0 Å². The number of aromatic nitrogens is 3. The monoisotopic (exact) mass is 349 g/mol. The fourth-order valence-corrected chi connectivity index (χ4v) is 4.36. The van der Waals surface area contributed by atoms with Crippen LogP contribution in [0.3, 0.4) is 0 Å². The molecule has 0 bridgehead atoms. The van der Waals surface area contributed by atoms with Crippen LogP contribution in [0.15, 0.2) is 45.1 Å². The average molecular weight is 350 g/mol. The minimum Gasteiger partial charge on any atom is -0.233 e. The third-order valence-electron chi connectivity index (χ3n) is 3.12. The minimum atomic E-state index is 0.742. The van der Waals surface area contributed by atoms with Crippen LogP contribution >= 0.6 is 35.1 Å². The number of benzene rings is 1. The van der Waals surface area contributed by atoms with Crippen molar-refractivity contribution in [2.75, 3.05) is 5.75 Å². The van der Waals surface area contributed by atoms with Gasteiger partial charge in [-0.05, 0) is 43.9 Å². The van der Waals surface area contributed by atoms with Crippen molar-refractivity contribution >= 4 is 40.8 Å². The van der Waals surface area contributed by atoms with Gasteiger partial charge in [-0.2, -0.15) is 5.10 Å². The van der Waals surface area contributed by atoms with E-state index in [9.17, 15) is 0 Å². The molecule has 0 fully saturated rings. The van der Waals surface area contributed by atoms with Gasteiger partial charge in [-0.15, -0.1) is 11.8 Å². The van der Waals surface area contributed by atoms with Crippen LogP contribution < -0.4 is 0 Å². The lowest BCUT2D eigenvalue weighted by molar-refractivity contribution is 0.845. The highest BCUT2D eigenvalue weighted by Gasteiger charge is 2.17. The first-order valence-corrected chi connectivity index (χ1v) is 9.19. The third-order valence-corrected chi connectivity index (χ3v) is 5.40. The number of hydrogen-bond acceptors (Lipinski definition) is 4. The summed E-state index contributed by atoms with van der Waals surface area (Å²) in [5.41, 5.74) is 3.02. The highest BCUT2D eigenvalue weighted by molar-refractivity contribution is 8.02. The van der Waals surface area contributed by atoms with Gasteiger partial charge in [-0.1, -0.05) is 36.4 Å². The maximum Gasteiger partial charge on any atom is 0.170 e. The number of nitrogens with zero attached hydrogens (tertiary/aromatic N) is 3. The number of rotatable bonds is 4. The van der Waals surface area contributed by atoms with E-state index in [2.05, 4.69) is 19.9 Å². The Kier molecular flexibility index (Phi) is 4.66. The predicted molar refractivity (Wildman–Crippen MR) is 94.4 cm³/mol. The van der Waals surface area contributed by atoms with Crippen LogP contribution in [0.1, 0.15) is 18.3 Å². The van der Waals surface area contributed by atoms with Gasteiger partial charge in [0.2, 0.25) is 0 Å². The topological polar surface area (TPSA) is 30.2 Å². The first kappa shape index (κ1) is 15.7. The maximum absolute atomic E-state index is 6.10. The molecule has 0 atom stereocenters. The Balaban J connectivity index is 2.15. The summed E-state index contributed by atoms with van der Waals surface area (Å²) < 4.78 is 1.93. The predicted octanol–water partition coefficient (Wildman–Crippen LogP) is 5.26. The van der Waals surface area contributed by atoms with Crippen LogP contribution in [0, 0.1) is 13.8 Å². The van der Waals surface area contributed by atoms with E-state index in [-0.39, 0.29) is 0 Å². The molecule has 0 amide bonds. The first-order valence-electron chi connectivity index (χ1n) is 7.01. The van der Waals surface area contributed by atoms with Crippen molar-refractivity contribution in [1.82, 2.24) is 14.6 Å². The summed E-state index contributed by atoms with van der Waals surface area (Å²) in [5.74, 6) is 0.977. The normalized spacial score (nSPS) is 11.3. The van der Waals surface area contributed by atoms with E-state index in [4.69, 9.17) is 21.7 Å². The van der Waals surface area contributed by atoms with Crippen LogP contribution in [0.5, 0.6) is 0 Å². The standard InChI is InChI=1S/C16H16ClN3S2/c1-4-21-16-14(22-13-7-5-6-12(17)9-13)15-18-10(2)8-11(3)20(15)19-16/h5-9H,4H2,1-3H3. The van der Waals surface area contributed by atoms with E-state index in [1.807, 2.05) is 35.7 Å². The molecule has 0 aliphatic rings. The number of hydrogen-bond donors (Lipinski definition) is 0. The van der Waals surface area contributed by atoms with Gasteiger partial charge in [-0.3, -0.25) is 0 Å². The summed E-state index contributed by atoms with van der Waals surface area (Å²) in [7, 11) is 0. The Hall–Kier alpha value is -1.17. The van der Waals surface area contributed by atoms with Crippen LogP contribution in [0.4, 0.5) is 0 Å². The Labute approximate surface area is 143 Å². The summed E-state index contributed by atoms with van der Waals surface area (Å²) in [5, 5.41) is 6.49. The van der Waals surface area contributed by atoms with Crippen LogP contribution in [0.25, 0.3) is 5.65 Å². The van der Waals surface area contributed by atoms with Gasteiger partial charge in [0.1, 0.15) is 5.03 Å². The molecule has 0 aliphatic heterocycles. The zero-order valence-corrected chi connectivity index (χ0v) is 15.0. The molecule has 3 aromatic rings. The van der Waals surface area contributed by atoms with Crippen LogP contribution in [-0.4, -0.2) is 20.4 Å². The van der Waals surface area contributed by atoms with Gasteiger partial charge >= 0.3 is 0 Å². The molecule has 0 radical (unpaired) electrons. The average Bonchev–Trinajstić information content (AvgIpc) is 2.78. The molecule has 0 saturated heterocycles. The van der Waals surface area contributed by atoms with E-state index < -0.39 is 0 Å². The van der Waals surface area contributed by atoms with E-state index in [0.717, 1.165) is 42.6 Å². The van der Waals surface area contributed by atoms with E-state index >= 15 is 0 Å². The molecule has 6 heteroatoms. The summed E-state index contributed by atoms with van der Waals surface area (Å²) in [6, 6.07) is 9.93. The second-order valence-electron chi connectivity index (χ2n) is 4.90. The lowest BCUT2D eigenvalue weighted by Crippen LogP contribution is -1.97. The van der Waals surface area contributed by atoms with E-state index in [0.29, 0.717) is 0 Å². The SMILES string of the molecule is CCSc1nn2c(C)cc(C)nc2c1Sc1cccc(Cl)c1. The van der Waals surface area contributed by atoms with E-state index in [1.165, 1.54) is 0 Å². The van der Waals surface area contributed by atoms with Gasteiger partial charge < -0.3 is 0 Å². The van der Waals surface area contributed by atoms with Crippen molar-refractivity contribution < 1.29 is 0 Å². The zero-order chi connectivity index (χ0) is 15.7. The largest absolute Gasteiger partial charge is 0.233 e.